The average molecular weight is 311 g/mol. The van der Waals surface area contributed by atoms with Crippen molar-refractivity contribution < 1.29 is 9.59 Å². The number of piperidine rings is 1. The average Bonchev–Trinajstić information content (AvgIpc) is 2.80. The molecule has 7 nitrogen and oxygen atoms in total. The molecule has 0 radical (unpaired) electrons. The predicted octanol–water partition coefficient (Wildman–Crippen LogP) is 0.519. The van der Waals surface area contributed by atoms with E-state index in [1.165, 1.54) is 11.3 Å². The lowest BCUT2D eigenvalue weighted by Gasteiger charge is -2.31. The number of thiazole rings is 1. The summed E-state index contributed by atoms with van der Waals surface area (Å²) in [6, 6.07) is 0. The molecule has 0 saturated carbocycles. The summed E-state index contributed by atoms with van der Waals surface area (Å²) in [7, 11) is 3.73. The van der Waals surface area contributed by atoms with Gasteiger partial charge in [0.25, 0.3) is 5.91 Å². The first-order chi connectivity index (χ1) is 9.88. The number of amides is 2. The fraction of sp³-hybridized carbons (Fsp3) is 0.615. The van der Waals surface area contributed by atoms with Crippen molar-refractivity contribution in [1.29, 1.82) is 0 Å². The Balaban J connectivity index is 2.00. The molecule has 21 heavy (non-hydrogen) atoms. The molecule has 0 unspecified atom stereocenters. The van der Waals surface area contributed by atoms with Gasteiger partial charge in [-0.1, -0.05) is 11.3 Å². The molecule has 1 aromatic rings. The zero-order valence-electron chi connectivity index (χ0n) is 12.3. The van der Waals surface area contributed by atoms with E-state index >= 15 is 0 Å². The SMILES string of the molecule is CN(C)c1nc(N)c(C(=O)N2CCC(CC(N)=O)CC2)s1. The van der Waals surface area contributed by atoms with E-state index in [9.17, 15) is 9.59 Å². The van der Waals surface area contributed by atoms with E-state index in [-0.39, 0.29) is 23.6 Å². The smallest absolute Gasteiger partial charge is 0.267 e. The molecule has 2 rings (SSSR count). The molecule has 2 heterocycles. The summed E-state index contributed by atoms with van der Waals surface area (Å²) >= 11 is 1.31. The lowest BCUT2D eigenvalue weighted by molar-refractivity contribution is -0.119. The molecule has 116 valence electrons. The number of hydrogen-bond donors (Lipinski definition) is 2. The minimum atomic E-state index is -0.276. The predicted molar refractivity (Wildman–Crippen MR) is 83.3 cm³/mol. The lowest BCUT2D eigenvalue weighted by Crippen LogP contribution is -2.39. The van der Waals surface area contributed by atoms with Gasteiger partial charge in [-0.25, -0.2) is 4.98 Å². The van der Waals surface area contributed by atoms with Crippen LogP contribution in [0.25, 0.3) is 0 Å². The number of rotatable bonds is 4. The second kappa shape index (κ2) is 6.30. The monoisotopic (exact) mass is 311 g/mol. The highest BCUT2D eigenvalue weighted by Gasteiger charge is 2.27. The molecular weight excluding hydrogens is 290 g/mol. The van der Waals surface area contributed by atoms with Crippen molar-refractivity contribution in [2.45, 2.75) is 19.3 Å². The van der Waals surface area contributed by atoms with Crippen LogP contribution in [0.3, 0.4) is 0 Å². The van der Waals surface area contributed by atoms with E-state index in [4.69, 9.17) is 11.5 Å². The summed E-state index contributed by atoms with van der Waals surface area (Å²) in [5, 5.41) is 0.722. The summed E-state index contributed by atoms with van der Waals surface area (Å²) in [4.78, 5) is 31.7. The van der Waals surface area contributed by atoms with E-state index in [1.807, 2.05) is 19.0 Å². The van der Waals surface area contributed by atoms with Gasteiger partial charge >= 0.3 is 0 Å². The van der Waals surface area contributed by atoms with Gasteiger partial charge in [0.1, 0.15) is 10.7 Å². The Morgan fingerprint density at radius 1 is 1.38 bits per heavy atom. The van der Waals surface area contributed by atoms with Crippen molar-refractivity contribution in [1.82, 2.24) is 9.88 Å². The molecule has 1 aliphatic heterocycles. The molecule has 1 aromatic heterocycles. The molecule has 1 saturated heterocycles. The Kier molecular flexibility index (Phi) is 4.66. The Labute approximate surface area is 127 Å². The molecule has 4 N–H and O–H groups in total. The van der Waals surface area contributed by atoms with Crippen LogP contribution >= 0.6 is 11.3 Å². The molecule has 0 spiro atoms. The van der Waals surface area contributed by atoms with Gasteiger partial charge in [-0.3, -0.25) is 9.59 Å². The van der Waals surface area contributed by atoms with Crippen LogP contribution in [0, 0.1) is 5.92 Å². The van der Waals surface area contributed by atoms with Crippen LogP contribution in [0.1, 0.15) is 28.9 Å². The first-order valence-electron chi connectivity index (χ1n) is 6.89. The van der Waals surface area contributed by atoms with Crippen LogP contribution in [-0.4, -0.2) is 48.9 Å². The maximum absolute atomic E-state index is 12.5. The number of likely N-dealkylation sites (tertiary alicyclic amines) is 1. The van der Waals surface area contributed by atoms with Crippen molar-refractivity contribution >= 4 is 34.1 Å². The second-order valence-corrected chi connectivity index (χ2v) is 6.49. The Bertz CT molecular complexity index is 535. The zero-order valence-corrected chi connectivity index (χ0v) is 13.2. The molecule has 1 aliphatic rings. The van der Waals surface area contributed by atoms with E-state index in [1.54, 1.807) is 4.90 Å². The van der Waals surface area contributed by atoms with Crippen molar-refractivity contribution in [2.75, 3.05) is 37.8 Å². The number of hydrogen-bond acceptors (Lipinski definition) is 6. The Morgan fingerprint density at radius 2 is 2.00 bits per heavy atom. The number of carbonyl (C=O) groups is 2. The number of anilines is 2. The normalized spacial score (nSPS) is 16.0. The van der Waals surface area contributed by atoms with Gasteiger partial charge in [-0.2, -0.15) is 0 Å². The molecule has 0 atom stereocenters. The van der Waals surface area contributed by atoms with Gasteiger partial charge in [-0.05, 0) is 18.8 Å². The van der Waals surface area contributed by atoms with Crippen LogP contribution in [0.2, 0.25) is 0 Å². The summed E-state index contributed by atoms with van der Waals surface area (Å²) < 4.78 is 0. The van der Waals surface area contributed by atoms with Gasteiger partial charge in [0.15, 0.2) is 5.13 Å². The second-order valence-electron chi connectivity index (χ2n) is 5.51. The molecule has 2 amide bonds. The van der Waals surface area contributed by atoms with Gasteiger partial charge in [0.2, 0.25) is 5.91 Å². The summed E-state index contributed by atoms with van der Waals surface area (Å²) in [6.07, 6.45) is 2.00. The lowest BCUT2D eigenvalue weighted by atomic mass is 9.93. The summed E-state index contributed by atoms with van der Waals surface area (Å²) in [5.41, 5.74) is 11.1. The highest BCUT2D eigenvalue weighted by Crippen LogP contribution is 2.29. The van der Waals surface area contributed by atoms with Gasteiger partial charge in [-0.15, -0.1) is 0 Å². The third kappa shape index (κ3) is 3.63. The van der Waals surface area contributed by atoms with Gasteiger partial charge in [0, 0.05) is 33.6 Å². The minimum Gasteiger partial charge on any atom is -0.382 e. The third-order valence-corrected chi connectivity index (χ3v) is 4.84. The van der Waals surface area contributed by atoms with Crippen LogP contribution in [0.5, 0.6) is 0 Å². The van der Waals surface area contributed by atoms with Crippen LogP contribution < -0.4 is 16.4 Å². The van der Waals surface area contributed by atoms with Crippen molar-refractivity contribution in [2.24, 2.45) is 11.7 Å². The molecular formula is C13H21N5O2S. The van der Waals surface area contributed by atoms with Crippen molar-refractivity contribution in [3.05, 3.63) is 4.88 Å². The Hall–Kier alpha value is -1.83. The van der Waals surface area contributed by atoms with Crippen LogP contribution in [0.4, 0.5) is 10.9 Å². The fourth-order valence-electron chi connectivity index (χ4n) is 2.43. The van der Waals surface area contributed by atoms with Gasteiger partial charge in [0.05, 0.1) is 0 Å². The summed E-state index contributed by atoms with van der Waals surface area (Å²) in [5.74, 6) is 0.216. The van der Waals surface area contributed by atoms with Gasteiger partial charge < -0.3 is 21.3 Å². The van der Waals surface area contributed by atoms with Crippen LogP contribution in [0.15, 0.2) is 0 Å². The van der Waals surface area contributed by atoms with E-state index in [0.29, 0.717) is 24.4 Å². The maximum atomic E-state index is 12.5. The molecule has 8 heteroatoms. The van der Waals surface area contributed by atoms with Crippen LogP contribution in [-0.2, 0) is 4.79 Å². The van der Waals surface area contributed by atoms with Crippen molar-refractivity contribution in [3.8, 4) is 0 Å². The first-order valence-corrected chi connectivity index (χ1v) is 7.71. The van der Waals surface area contributed by atoms with E-state index < -0.39 is 0 Å². The van der Waals surface area contributed by atoms with Crippen molar-refractivity contribution in [3.63, 3.8) is 0 Å². The molecule has 1 fully saturated rings. The molecule has 0 bridgehead atoms. The topological polar surface area (TPSA) is 106 Å². The number of primary amides is 1. The fourth-order valence-corrected chi connectivity index (χ4v) is 3.31. The molecule has 0 aromatic carbocycles. The quantitative estimate of drug-likeness (QED) is 0.843. The highest BCUT2D eigenvalue weighted by molar-refractivity contribution is 7.18. The zero-order chi connectivity index (χ0) is 15.6. The Morgan fingerprint density at radius 3 is 2.48 bits per heavy atom. The largest absolute Gasteiger partial charge is 0.382 e. The summed E-state index contributed by atoms with van der Waals surface area (Å²) in [6.45, 7) is 1.26. The number of nitrogens with two attached hydrogens (primary N) is 2. The number of nitrogens with zero attached hydrogens (tertiary/aromatic N) is 3. The standard InChI is InChI=1S/C13H21N5O2S/c1-17(2)13-16-11(15)10(21-13)12(20)18-5-3-8(4-6-18)7-9(14)19/h8H,3-7,15H2,1-2H3,(H2,14,19). The number of aromatic nitrogens is 1. The van der Waals surface area contributed by atoms with E-state index in [2.05, 4.69) is 4.98 Å². The highest BCUT2D eigenvalue weighted by atomic mass is 32.1. The number of carbonyl (C=O) groups excluding carboxylic acids is 2. The third-order valence-electron chi connectivity index (χ3n) is 3.61. The minimum absolute atomic E-state index is 0.0735. The first kappa shape index (κ1) is 15.6. The van der Waals surface area contributed by atoms with E-state index in [0.717, 1.165) is 18.0 Å². The maximum Gasteiger partial charge on any atom is 0.267 e. The number of nitrogen functional groups attached to an aromatic ring is 1. The molecule has 0 aliphatic carbocycles.